The smallest absolute Gasteiger partial charge is 0.406 e. The molecule has 0 aliphatic carbocycles. The summed E-state index contributed by atoms with van der Waals surface area (Å²) < 4.78 is 38.7. The van der Waals surface area contributed by atoms with Crippen LogP contribution in [0.25, 0.3) is 0 Å². The second-order valence-corrected chi connectivity index (χ2v) is 9.39. The fraction of sp³-hybridized carbons (Fsp3) is 0.174. The number of ether oxygens (including phenoxy) is 2. The number of amides is 2. The van der Waals surface area contributed by atoms with Gasteiger partial charge in [-0.15, -0.1) is 0 Å². The highest BCUT2D eigenvalue weighted by Gasteiger charge is 2.38. The van der Waals surface area contributed by atoms with E-state index in [2.05, 4.69) is 10.3 Å². The van der Waals surface area contributed by atoms with Crippen molar-refractivity contribution in [2.75, 3.05) is 11.9 Å². The number of aromatic nitrogens is 1. The predicted molar refractivity (Wildman–Crippen MR) is 123 cm³/mol. The number of nitrogens with zero attached hydrogens (tertiary/aromatic N) is 2. The van der Waals surface area contributed by atoms with Gasteiger partial charge in [-0.3, -0.25) is 4.79 Å². The molecule has 0 saturated heterocycles. The van der Waals surface area contributed by atoms with Gasteiger partial charge in [0.2, 0.25) is 21.8 Å². The molecule has 0 saturated carbocycles. The van der Waals surface area contributed by atoms with Crippen LogP contribution in [0.3, 0.4) is 0 Å². The molecule has 3 aromatic rings. The van der Waals surface area contributed by atoms with E-state index >= 15 is 0 Å². The largest absolute Gasteiger partial charge is 0.439 e. The summed E-state index contributed by atoms with van der Waals surface area (Å²) in [7, 11) is -4.07. The van der Waals surface area contributed by atoms with Gasteiger partial charge in [0.15, 0.2) is 6.23 Å². The van der Waals surface area contributed by atoms with E-state index in [1.54, 1.807) is 36.4 Å². The maximum atomic E-state index is 13.4. The second kappa shape index (κ2) is 9.49. The minimum Gasteiger partial charge on any atom is -0.439 e. The van der Waals surface area contributed by atoms with Gasteiger partial charge in [-0.05, 0) is 30.2 Å². The van der Waals surface area contributed by atoms with Crippen LogP contribution < -0.4 is 15.8 Å². The van der Waals surface area contributed by atoms with E-state index in [4.69, 9.17) is 15.2 Å². The Bertz CT molecular complexity index is 1330. The molecule has 0 radical (unpaired) electrons. The van der Waals surface area contributed by atoms with Crippen molar-refractivity contribution >= 4 is 27.7 Å². The fourth-order valence-electron chi connectivity index (χ4n) is 3.66. The Morgan fingerprint density at radius 2 is 1.91 bits per heavy atom. The zero-order valence-electron chi connectivity index (χ0n) is 18.2. The lowest BCUT2D eigenvalue weighted by Gasteiger charge is -2.34. The van der Waals surface area contributed by atoms with E-state index in [-0.39, 0.29) is 23.2 Å². The molecule has 2 aromatic carbocycles. The average molecular weight is 483 g/mol. The van der Waals surface area contributed by atoms with Crippen molar-refractivity contribution in [3.63, 3.8) is 0 Å². The molecule has 34 heavy (non-hydrogen) atoms. The summed E-state index contributed by atoms with van der Waals surface area (Å²) in [6, 6.07) is 16.6. The zero-order chi connectivity index (χ0) is 24.3. The number of carbonyl (C=O) groups is 2. The number of carbonyl (C=O) groups excluding carboxylic acids is 2. The van der Waals surface area contributed by atoms with Crippen molar-refractivity contribution in [2.45, 2.75) is 24.5 Å². The molecule has 1 unspecified atom stereocenters. The highest BCUT2D eigenvalue weighted by atomic mass is 32.2. The van der Waals surface area contributed by atoms with Crippen molar-refractivity contribution in [3.8, 4) is 11.6 Å². The number of benzene rings is 2. The van der Waals surface area contributed by atoms with Crippen molar-refractivity contribution in [1.82, 2.24) is 9.29 Å². The van der Waals surface area contributed by atoms with Crippen molar-refractivity contribution < 1.29 is 27.5 Å². The van der Waals surface area contributed by atoms with E-state index in [9.17, 15) is 18.0 Å². The lowest BCUT2D eigenvalue weighted by molar-refractivity contribution is -0.114. The highest BCUT2D eigenvalue weighted by molar-refractivity contribution is 7.89. The van der Waals surface area contributed by atoms with Crippen LogP contribution in [-0.2, 0) is 26.0 Å². The molecule has 11 heteroatoms. The number of anilines is 1. The molecule has 0 bridgehead atoms. The molecule has 0 spiro atoms. The van der Waals surface area contributed by atoms with Crippen molar-refractivity contribution in [1.29, 1.82) is 0 Å². The molecule has 4 rings (SSSR count). The summed E-state index contributed by atoms with van der Waals surface area (Å²) >= 11 is 0. The van der Waals surface area contributed by atoms with Gasteiger partial charge in [-0.2, -0.15) is 4.31 Å². The second-order valence-electron chi connectivity index (χ2n) is 7.50. The van der Waals surface area contributed by atoms with E-state index < -0.39 is 22.3 Å². The first-order valence-electron chi connectivity index (χ1n) is 10.3. The monoisotopic (exact) mass is 482 g/mol. The topological polar surface area (TPSA) is 141 Å². The summed E-state index contributed by atoms with van der Waals surface area (Å²) in [5, 5.41) is 2.65. The van der Waals surface area contributed by atoms with E-state index in [1.165, 1.54) is 25.3 Å². The zero-order valence-corrected chi connectivity index (χ0v) is 19.0. The Kier molecular flexibility index (Phi) is 6.48. The Morgan fingerprint density at radius 1 is 1.12 bits per heavy atom. The van der Waals surface area contributed by atoms with Crippen LogP contribution in [-0.4, -0.2) is 36.3 Å². The van der Waals surface area contributed by atoms with Crippen molar-refractivity contribution in [3.05, 3.63) is 78.0 Å². The summed E-state index contributed by atoms with van der Waals surface area (Å²) in [4.78, 5) is 26.8. The number of nitrogens with one attached hydrogen (secondary N) is 1. The number of hydrogen-bond donors (Lipinski definition) is 2. The number of primary amides is 1. The predicted octanol–water partition coefficient (Wildman–Crippen LogP) is 3.17. The van der Waals surface area contributed by atoms with Crippen LogP contribution in [0, 0.1) is 0 Å². The van der Waals surface area contributed by atoms with Crippen LogP contribution in [0.1, 0.15) is 24.3 Å². The molecule has 1 aromatic heterocycles. The SMILES string of the molecule is CC(=O)Nc1cccc(Oc2ccc(S(=O)(=O)N3CCc4ccccc4C3OC(N)=O)cn2)c1. The molecule has 1 aliphatic heterocycles. The molecule has 176 valence electrons. The molecule has 2 heterocycles. The summed E-state index contributed by atoms with van der Waals surface area (Å²) in [6.45, 7) is 1.50. The maximum Gasteiger partial charge on any atom is 0.406 e. The normalized spacial score (nSPS) is 15.7. The maximum absolute atomic E-state index is 13.4. The third-order valence-corrected chi connectivity index (χ3v) is 6.93. The number of rotatable bonds is 6. The third kappa shape index (κ3) is 5.00. The summed E-state index contributed by atoms with van der Waals surface area (Å²) in [5.41, 5.74) is 7.21. The van der Waals surface area contributed by atoms with E-state index in [1.807, 2.05) is 12.1 Å². The molecular formula is C23H22N4O6S. The van der Waals surface area contributed by atoms with Gasteiger partial charge in [0.1, 0.15) is 10.6 Å². The molecule has 2 amide bonds. The van der Waals surface area contributed by atoms with Gasteiger partial charge >= 0.3 is 6.09 Å². The molecule has 1 atom stereocenters. The number of hydrogen-bond acceptors (Lipinski definition) is 7. The van der Waals surface area contributed by atoms with E-state index in [0.29, 0.717) is 23.4 Å². The molecular weight excluding hydrogens is 460 g/mol. The Morgan fingerprint density at radius 3 is 2.62 bits per heavy atom. The van der Waals surface area contributed by atoms with Gasteiger partial charge in [-0.25, -0.2) is 18.2 Å². The average Bonchev–Trinajstić information content (AvgIpc) is 2.79. The van der Waals surface area contributed by atoms with Crippen molar-refractivity contribution in [2.24, 2.45) is 5.73 Å². The fourth-order valence-corrected chi connectivity index (χ4v) is 5.10. The quantitative estimate of drug-likeness (QED) is 0.550. The minimum atomic E-state index is -4.07. The number of sulfonamides is 1. The lowest BCUT2D eigenvalue weighted by Crippen LogP contribution is -2.42. The van der Waals surface area contributed by atoms with Crippen LogP contribution in [0.15, 0.2) is 71.8 Å². The van der Waals surface area contributed by atoms with E-state index in [0.717, 1.165) is 9.87 Å². The van der Waals surface area contributed by atoms with Crippen LogP contribution in [0.4, 0.5) is 10.5 Å². The first kappa shape index (κ1) is 23.2. The summed E-state index contributed by atoms with van der Waals surface area (Å²) in [5.74, 6) is 0.355. The summed E-state index contributed by atoms with van der Waals surface area (Å²) in [6.07, 6.45) is -0.637. The van der Waals surface area contributed by atoms with Gasteiger partial charge in [0.25, 0.3) is 0 Å². The Hall–Kier alpha value is -3.96. The number of pyridine rings is 1. The first-order chi connectivity index (χ1) is 16.2. The third-order valence-electron chi connectivity index (χ3n) is 5.10. The van der Waals surface area contributed by atoms with Gasteiger partial charge < -0.3 is 20.5 Å². The minimum absolute atomic E-state index is 0.0932. The van der Waals surface area contributed by atoms with Gasteiger partial charge in [0, 0.05) is 36.9 Å². The molecule has 10 nitrogen and oxygen atoms in total. The standard InChI is InChI=1S/C23H22N4O6S/c1-15(28)26-17-6-4-7-18(13-17)32-21-10-9-19(14-25-21)34(30,31)27-12-11-16-5-2-3-8-20(16)22(27)33-23(24)29/h2-10,13-14,22H,11-12H2,1H3,(H2,24,29)(H,26,28). The molecule has 3 N–H and O–H groups in total. The van der Waals surface area contributed by atoms with Crippen LogP contribution in [0.5, 0.6) is 11.6 Å². The first-order valence-corrected chi connectivity index (χ1v) is 11.8. The Balaban J connectivity index is 1.57. The number of fused-ring (bicyclic) bond motifs is 1. The van der Waals surface area contributed by atoms with Gasteiger partial charge in [-0.1, -0.05) is 30.3 Å². The number of nitrogens with two attached hydrogens (primary N) is 1. The van der Waals surface area contributed by atoms with Gasteiger partial charge in [0.05, 0.1) is 6.20 Å². The lowest BCUT2D eigenvalue weighted by atomic mass is 10.00. The highest BCUT2D eigenvalue weighted by Crippen LogP contribution is 2.35. The Labute approximate surface area is 196 Å². The van der Waals surface area contributed by atoms with Crippen LogP contribution in [0.2, 0.25) is 0 Å². The molecule has 1 aliphatic rings. The molecule has 0 fully saturated rings. The van der Waals surface area contributed by atoms with Crippen LogP contribution >= 0.6 is 0 Å².